The minimum atomic E-state index is -0.416. The first-order chi connectivity index (χ1) is 8.66. The lowest BCUT2D eigenvalue weighted by Crippen LogP contribution is -2.24. The molecule has 0 bridgehead atoms. The molecule has 0 radical (unpaired) electrons. The zero-order chi connectivity index (χ0) is 13.0. The van der Waals surface area contributed by atoms with Crippen molar-refractivity contribution in [3.05, 3.63) is 45.7 Å². The van der Waals surface area contributed by atoms with Gasteiger partial charge in [0.1, 0.15) is 5.82 Å². The van der Waals surface area contributed by atoms with Crippen LogP contribution in [0.2, 0.25) is 0 Å². The molecule has 0 aliphatic heterocycles. The second-order valence-corrected chi connectivity index (χ2v) is 5.24. The van der Waals surface area contributed by atoms with Crippen molar-refractivity contribution in [1.29, 1.82) is 0 Å². The quantitative estimate of drug-likeness (QED) is 0.842. The van der Waals surface area contributed by atoms with E-state index < -0.39 is 5.82 Å². The first-order valence-electron chi connectivity index (χ1n) is 6.08. The molecule has 4 heteroatoms. The van der Waals surface area contributed by atoms with Crippen molar-refractivity contribution >= 4 is 21.8 Å². The second-order valence-electron chi connectivity index (χ2n) is 4.39. The Kier molecular flexibility index (Phi) is 4.53. The predicted molar refractivity (Wildman–Crippen MR) is 73.0 cm³/mol. The fourth-order valence-corrected chi connectivity index (χ4v) is 2.29. The minimum Gasteiger partial charge on any atom is -0.352 e. The van der Waals surface area contributed by atoms with Gasteiger partial charge in [0.15, 0.2) is 0 Å². The number of rotatable bonds is 4. The molecule has 1 N–H and O–H groups in total. The molecule has 1 aromatic carbocycles. The highest BCUT2D eigenvalue weighted by Gasteiger charge is 2.09. The molecule has 18 heavy (non-hydrogen) atoms. The molecule has 0 spiro atoms. The number of hydrogen-bond donors (Lipinski definition) is 1. The van der Waals surface area contributed by atoms with Crippen LogP contribution in [-0.4, -0.2) is 12.5 Å². The smallest absolute Gasteiger partial charge is 0.251 e. The third kappa shape index (κ3) is 3.42. The first-order valence-corrected chi connectivity index (χ1v) is 6.87. The Balaban J connectivity index is 1.85. The standard InChI is InChI=1S/C14H15BrFNO/c15-12-6-5-11(9-13(12)16)14(18)17-8-7-10-3-1-2-4-10/h3,5-6,9H,1-2,4,7-8H2,(H,17,18). The molecule has 0 saturated carbocycles. The van der Waals surface area contributed by atoms with Gasteiger partial charge in [-0.3, -0.25) is 4.79 Å². The van der Waals surface area contributed by atoms with E-state index in [1.165, 1.54) is 18.1 Å². The number of nitrogens with one attached hydrogen (secondary N) is 1. The van der Waals surface area contributed by atoms with Gasteiger partial charge in [0, 0.05) is 12.1 Å². The van der Waals surface area contributed by atoms with Crippen LogP contribution >= 0.6 is 15.9 Å². The summed E-state index contributed by atoms with van der Waals surface area (Å²) in [6.07, 6.45) is 6.65. The van der Waals surface area contributed by atoms with E-state index >= 15 is 0 Å². The average Bonchev–Trinajstić information content (AvgIpc) is 2.85. The third-order valence-electron chi connectivity index (χ3n) is 3.05. The SMILES string of the molecule is O=C(NCCC1=CCCC1)c1ccc(Br)c(F)c1. The molecule has 1 aromatic rings. The molecule has 1 amide bonds. The van der Waals surface area contributed by atoms with E-state index in [9.17, 15) is 9.18 Å². The Morgan fingerprint density at radius 2 is 2.28 bits per heavy atom. The minimum absolute atomic E-state index is 0.222. The predicted octanol–water partition coefficient (Wildman–Crippen LogP) is 3.82. The Morgan fingerprint density at radius 3 is 2.94 bits per heavy atom. The Hall–Kier alpha value is -1.16. The van der Waals surface area contributed by atoms with Crippen LogP contribution in [-0.2, 0) is 0 Å². The molecule has 0 unspecified atom stereocenters. The molecule has 1 aliphatic carbocycles. The zero-order valence-corrected chi connectivity index (χ0v) is 11.6. The van der Waals surface area contributed by atoms with Gasteiger partial charge in [-0.05, 0) is 59.8 Å². The number of allylic oxidation sites excluding steroid dienone is 1. The van der Waals surface area contributed by atoms with Gasteiger partial charge in [-0.15, -0.1) is 0 Å². The van der Waals surface area contributed by atoms with Crippen molar-refractivity contribution in [3.8, 4) is 0 Å². The van der Waals surface area contributed by atoms with E-state index in [-0.39, 0.29) is 5.91 Å². The normalized spacial score (nSPS) is 14.4. The van der Waals surface area contributed by atoms with Gasteiger partial charge in [-0.25, -0.2) is 4.39 Å². The number of halogens is 2. The number of carbonyl (C=O) groups excluding carboxylic acids is 1. The van der Waals surface area contributed by atoms with Crippen molar-refractivity contribution < 1.29 is 9.18 Å². The van der Waals surface area contributed by atoms with E-state index in [4.69, 9.17) is 0 Å². The lowest BCUT2D eigenvalue weighted by atomic mass is 10.1. The molecule has 0 aromatic heterocycles. The summed E-state index contributed by atoms with van der Waals surface area (Å²) >= 11 is 3.06. The molecule has 2 nitrogen and oxygen atoms in total. The molecule has 96 valence electrons. The highest BCUT2D eigenvalue weighted by atomic mass is 79.9. The fraction of sp³-hybridized carbons (Fsp3) is 0.357. The van der Waals surface area contributed by atoms with Crippen molar-refractivity contribution in [2.75, 3.05) is 6.54 Å². The van der Waals surface area contributed by atoms with Crippen molar-refractivity contribution in [1.82, 2.24) is 5.32 Å². The second kappa shape index (κ2) is 6.14. The van der Waals surface area contributed by atoms with E-state index in [1.54, 1.807) is 12.1 Å². The summed E-state index contributed by atoms with van der Waals surface area (Å²) in [4.78, 5) is 11.8. The summed E-state index contributed by atoms with van der Waals surface area (Å²) < 4.78 is 13.6. The Bertz CT molecular complexity index is 485. The fourth-order valence-electron chi connectivity index (χ4n) is 2.04. The van der Waals surface area contributed by atoms with Gasteiger partial charge in [0.25, 0.3) is 5.91 Å². The molecule has 0 saturated heterocycles. The van der Waals surface area contributed by atoms with Crippen LogP contribution in [0.3, 0.4) is 0 Å². The summed E-state index contributed by atoms with van der Waals surface area (Å²) in [6, 6.07) is 4.40. The van der Waals surface area contributed by atoms with Crippen LogP contribution < -0.4 is 5.32 Å². The summed E-state index contributed by atoms with van der Waals surface area (Å²) in [5.74, 6) is -0.638. The van der Waals surface area contributed by atoms with Gasteiger partial charge in [-0.2, -0.15) is 0 Å². The molecule has 0 heterocycles. The van der Waals surface area contributed by atoms with Gasteiger partial charge in [-0.1, -0.05) is 11.6 Å². The van der Waals surface area contributed by atoms with Crippen LogP contribution in [0.4, 0.5) is 4.39 Å². The summed E-state index contributed by atoms with van der Waals surface area (Å²) in [5, 5.41) is 2.81. The van der Waals surface area contributed by atoms with Gasteiger partial charge in [0.2, 0.25) is 0 Å². The van der Waals surface area contributed by atoms with Crippen molar-refractivity contribution in [3.63, 3.8) is 0 Å². The molecule has 1 aliphatic rings. The number of hydrogen-bond acceptors (Lipinski definition) is 1. The maximum atomic E-state index is 13.3. The highest BCUT2D eigenvalue weighted by Crippen LogP contribution is 2.20. The summed E-state index contributed by atoms with van der Waals surface area (Å²) in [6.45, 7) is 0.613. The van der Waals surface area contributed by atoms with Crippen LogP contribution in [0.25, 0.3) is 0 Å². The van der Waals surface area contributed by atoms with E-state index in [1.807, 2.05) is 0 Å². The van der Waals surface area contributed by atoms with Crippen LogP contribution in [0.1, 0.15) is 36.0 Å². The Morgan fingerprint density at radius 1 is 1.44 bits per heavy atom. The number of carbonyl (C=O) groups is 1. The summed E-state index contributed by atoms with van der Waals surface area (Å²) in [7, 11) is 0. The topological polar surface area (TPSA) is 29.1 Å². The highest BCUT2D eigenvalue weighted by molar-refractivity contribution is 9.10. The number of amides is 1. The van der Waals surface area contributed by atoms with Gasteiger partial charge < -0.3 is 5.32 Å². The average molecular weight is 312 g/mol. The molecule has 2 rings (SSSR count). The molecular weight excluding hydrogens is 297 g/mol. The maximum Gasteiger partial charge on any atom is 0.251 e. The zero-order valence-electron chi connectivity index (χ0n) is 10.0. The van der Waals surface area contributed by atoms with E-state index in [2.05, 4.69) is 27.3 Å². The molecule has 0 fully saturated rings. The van der Waals surface area contributed by atoms with Gasteiger partial charge >= 0.3 is 0 Å². The van der Waals surface area contributed by atoms with E-state index in [0.29, 0.717) is 16.6 Å². The molecular formula is C14H15BrFNO. The van der Waals surface area contributed by atoms with Crippen molar-refractivity contribution in [2.24, 2.45) is 0 Å². The largest absolute Gasteiger partial charge is 0.352 e. The first kappa shape index (κ1) is 13.3. The van der Waals surface area contributed by atoms with Crippen molar-refractivity contribution in [2.45, 2.75) is 25.7 Å². The van der Waals surface area contributed by atoms with Crippen LogP contribution in [0, 0.1) is 5.82 Å². The van der Waals surface area contributed by atoms with Crippen LogP contribution in [0.5, 0.6) is 0 Å². The maximum absolute atomic E-state index is 13.3. The lowest BCUT2D eigenvalue weighted by Gasteiger charge is -2.06. The van der Waals surface area contributed by atoms with Gasteiger partial charge in [0.05, 0.1) is 4.47 Å². The lowest BCUT2D eigenvalue weighted by molar-refractivity contribution is 0.0953. The van der Waals surface area contributed by atoms with Crippen LogP contribution in [0.15, 0.2) is 34.3 Å². The number of benzene rings is 1. The monoisotopic (exact) mass is 311 g/mol. The molecule has 0 atom stereocenters. The Labute approximate surface area is 114 Å². The summed E-state index contributed by atoms with van der Waals surface area (Å²) in [5.41, 5.74) is 1.77. The van der Waals surface area contributed by atoms with E-state index in [0.717, 1.165) is 19.3 Å². The third-order valence-corrected chi connectivity index (χ3v) is 3.69.